The molecule has 0 aromatic heterocycles. The van der Waals surface area contributed by atoms with Gasteiger partial charge in [-0.3, -0.25) is 4.79 Å². The lowest BCUT2D eigenvalue weighted by atomic mass is 10.0. The highest BCUT2D eigenvalue weighted by Crippen LogP contribution is 2.29. The number of hydrogen-bond donors (Lipinski definition) is 2. The van der Waals surface area contributed by atoms with E-state index in [-0.39, 0.29) is 17.2 Å². The van der Waals surface area contributed by atoms with E-state index in [9.17, 15) is 9.90 Å². The third kappa shape index (κ3) is 2.71. The van der Waals surface area contributed by atoms with Crippen LogP contribution in [0.5, 0.6) is 5.75 Å². The van der Waals surface area contributed by atoms with E-state index in [0.29, 0.717) is 5.39 Å². The van der Waals surface area contributed by atoms with Crippen LogP contribution in [0, 0.1) is 3.57 Å². The normalized spacial score (nSPS) is 10.5. The summed E-state index contributed by atoms with van der Waals surface area (Å²) in [6.07, 6.45) is 0. The molecule has 3 nitrogen and oxygen atoms in total. The first-order chi connectivity index (χ1) is 10.2. The fourth-order valence-corrected chi connectivity index (χ4v) is 2.71. The number of para-hydroxylation sites is 1. The van der Waals surface area contributed by atoms with Crippen LogP contribution in [-0.4, -0.2) is 11.0 Å². The van der Waals surface area contributed by atoms with Gasteiger partial charge in [0.25, 0.3) is 5.91 Å². The number of benzene rings is 3. The average molecular weight is 389 g/mol. The van der Waals surface area contributed by atoms with Crippen molar-refractivity contribution in [3.63, 3.8) is 0 Å². The molecule has 104 valence electrons. The summed E-state index contributed by atoms with van der Waals surface area (Å²) in [5.41, 5.74) is 1.00. The van der Waals surface area contributed by atoms with Crippen molar-refractivity contribution in [2.75, 3.05) is 5.32 Å². The molecule has 0 fully saturated rings. The molecule has 3 rings (SSSR count). The largest absolute Gasteiger partial charge is 0.506 e. The number of halogens is 1. The number of phenols is 1. The Kier molecular flexibility index (Phi) is 3.79. The van der Waals surface area contributed by atoms with Crippen molar-refractivity contribution >= 4 is 45.0 Å². The molecule has 3 aromatic rings. The topological polar surface area (TPSA) is 49.3 Å². The second kappa shape index (κ2) is 5.73. The standard InChI is InChI=1S/C17H12INO2/c18-14-7-3-4-8-15(14)19-17(21)13-10-9-11-5-1-2-6-12(11)16(13)20/h1-10,20H,(H,19,21). The summed E-state index contributed by atoms with van der Waals surface area (Å²) >= 11 is 2.16. The molecule has 4 heteroatoms. The van der Waals surface area contributed by atoms with Crippen LogP contribution in [0.3, 0.4) is 0 Å². The lowest BCUT2D eigenvalue weighted by Gasteiger charge is -2.10. The number of aromatic hydroxyl groups is 1. The second-order valence-corrected chi connectivity index (χ2v) is 5.78. The fourth-order valence-electron chi connectivity index (χ4n) is 2.19. The number of carbonyl (C=O) groups is 1. The van der Waals surface area contributed by atoms with Crippen molar-refractivity contribution in [1.29, 1.82) is 0 Å². The van der Waals surface area contributed by atoms with Crippen LogP contribution in [0.2, 0.25) is 0 Å². The SMILES string of the molecule is O=C(Nc1ccccc1I)c1ccc2ccccc2c1O. The van der Waals surface area contributed by atoms with Gasteiger partial charge in [-0.2, -0.15) is 0 Å². The Hall–Kier alpha value is -2.08. The number of nitrogens with one attached hydrogen (secondary N) is 1. The minimum Gasteiger partial charge on any atom is -0.506 e. The summed E-state index contributed by atoms with van der Waals surface area (Å²) in [6.45, 7) is 0. The Morgan fingerprint density at radius 1 is 0.952 bits per heavy atom. The second-order valence-electron chi connectivity index (χ2n) is 4.62. The molecule has 0 saturated carbocycles. The van der Waals surface area contributed by atoms with Crippen LogP contribution in [-0.2, 0) is 0 Å². The zero-order chi connectivity index (χ0) is 14.8. The van der Waals surface area contributed by atoms with Gasteiger partial charge in [-0.15, -0.1) is 0 Å². The summed E-state index contributed by atoms with van der Waals surface area (Å²) in [5, 5.41) is 14.7. The Labute approximate surface area is 135 Å². The van der Waals surface area contributed by atoms with Crippen LogP contribution >= 0.6 is 22.6 Å². The number of amides is 1. The number of hydrogen-bond acceptors (Lipinski definition) is 2. The molecule has 21 heavy (non-hydrogen) atoms. The van der Waals surface area contributed by atoms with Crippen LogP contribution in [0.25, 0.3) is 10.8 Å². The van der Waals surface area contributed by atoms with Gasteiger partial charge < -0.3 is 10.4 Å². The molecule has 1 amide bonds. The van der Waals surface area contributed by atoms with Crippen molar-refractivity contribution in [3.05, 3.63) is 69.8 Å². The third-order valence-electron chi connectivity index (χ3n) is 3.27. The highest BCUT2D eigenvalue weighted by atomic mass is 127. The fraction of sp³-hybridized carbons (Fsp3) is 0. The van der Waals surface area contributed by atoms with Gasteiger partial charge in [0.15, 0.2) is 0 Å². The van der Waals surface area contributed by atoms with E-state index < -0.39 is 0 Å². The summed E-state index contributed by atoms with van der Waals surface area (Å²) in [6, 6.07) is 18.4. The molecule has 0 saturated heterocycles. The van der Waals surface area contributed by atoms with Crippen LogP contribution in [0.4, 0.5) is 5.69 Å². The van der Waals surface area contributed by atoms with Gasteiger partial charge in [-0.25, -0.2) is 0 Å². The zero-order valence-corrected chi connectivity index (χ0v) is 13.2. The van der Waals surface area contributed by atoms with Gasteiger partial charge in [0, 0.05) is 8.96 Å². The van der Waals surface area contributed by atoms with Gasteiger partial charge in [0.1, 0.15) is 5.75 Å². The van der Waals surface area contributed by atoms with E-state index in [1.165, 1.54) is 0 Å². The zero-order valence-electron chi connectivity index (χ0n) is 11.0. The summed E-state index contributed by atoms with van der Waals surface area (Å²) in [4.78, 5) is 12.4. The van der Waals surface area contributed by atoms with Crippen molar-refractivity contribution < 1.29 is 9.90 Å². The molecule has 2 N–H and O–H groups in total. The molecule has 0 aliphatic carbocycles. The molecule has 0 bridgehead atoms. The molecule has 0 heterocycles. The average Bonchev–Trinajstić information content (AvgIpc) is 2.50. The van der Waals surface area contributed by atoms with E-state index in [2.05, 4.69) is 27.9 Å². The first kappa shape index (κ1) is 13.9. The highest BCUT2D eigenvalue weighted by molar-refractivity contribution is 14.1. The minimum absolute atomic E-state index is 0.0107. The molecule has 0 atom stereocenters. The quantitative estimate of drug-likeness (QED) is 0.639. The van der Waals surface area contributed by atoms with Gasteiger partial charge in [0.2, 0.25) is 0 Å². The minimum atomic E-state index is -0.317. The van der Waals surface area contributed by atoms with E-state index in [1.54, 1.807) is 12.1 Å². The maximum atomic E-state index is 12.4. The summed E-state index contributed by atoms with van der Waals surface area (Å²) in [5.74, 6) is -0.307. The van der Waals surface area contributed by atoms with Crippen LogP contribution in [0.15, 0.2) is 60.7 Å². The summed E-state index contributed by atoms with van der Waals surface area (Å²) in [7, 11) is 0. The van der Waals surface area contributed by atoms with Crippen molar-refractivity contribution in [2.24, 2.45) is 0 Å². The van der Waals surface area contributed by atoms with Crippen molar-refractivity contribution in [1.82, 2.24) is 0 Å². The first-order valence-electron chi connectivity index (χ1n) is 6.43. The van der Waals surface area contributed by atoms with Gasteiger partial charge in [0.05, 0.1) is 11.3 Å². The molecule has 0 aliphatic rings. The molecule has 0 spiro atoms. The molecular weight excluding hydrogens is 377 g/mol. The molecule has 3 aromatic carbocycles. The Morgan fingerprint density at radius 2 is 1.67 bits per heavy atom. The van der Waals surface area contributed by atoms with E-state index in [4.69, 9.17) is 0 Å². The molecule has 0 radical (unpaired) electrons. The maximum absolute atomic E-state index is 12.4. The maximum Gasteiger partial charge on any atom is 0.259 e. The van der Waals surface area contributed by atoms with Crippen molar-refractivity contribution in [2.45, 2.75) is 0 Å². The first-order valence-corrected chi connectivity index (χ1v) is 7.51. The van der Waals surface area contributed by atoms with Crippen molar-refractivity contribution in [3.8, 4) is 5.75 Å². The van der Waals surface area contributed by atoms with Gasteiger partial charge >= 0.3 is 0 Å². The van der Waals surface area contributed by atoms with E-state index >= 15 is 0 Å². The number of rotatable bonds is 2. The van der Waals surface area contributed by atoms with E-state index in [1.807, 2.05) is 48.5 Å². The lowest BCUT2D eigenvalue weighted by molar-refractivity contribution is 0.102. The number of phenolic OH excluding ortho intramolecular Hbond substituents is 1. The van der Waals surface area contributed by atoms with Gasteiger partial charge in [-0.1, -0.05) is 42.5 Å². The smallest absolute Gasteiger partial charge is 0.259 e. The number of anilines is 1. The third-order valence-corrected chi connectivity index (χ3v) is 4.21. The molecular formula is C17H12INO2. The van der Waals surface area contributed by atoms with Crippen LogP contribution < -0.4 is 5.32 Å². The Morgan fingerprint density at radius 3 is 2.48 bits per heavy atom. The predicted octanol–water partition coefficient (Wildman–Crippen LogP) is 4.40. The van der Waals surface area contributed by atoms with E-state index in [0.717, 1.165) is 14.6 Å². The molecule has 0 aliphatic heterocycles. The number of fused-ring (bicyclic) bond motifs is 1. The van der Waals surface area contributed by atoms with Crippen LogP contribution in [0.1, 0.15) is 10.4 Å². The highest BCUT2D eigenvalue weighted by Gasteiger charge is 2.14. The predicted molar refractivity (Wildman–Crippen MR) is 92.7 cm³/mol. The van der Waals surface area contributed by atoms with Gasteiger partial charge in [-0.05, 0) is 46.2 Å². The Balaban J connectivity index is 1.99. The lowest BCUT2D eigenvalue weighted by Crippen LogP contribution is -2.13. The monoisotopic (exact) mass is 389 g/mol. The summed E-state index contributed by atoms with van der Waals surface area (Å²) < 4.78 is 0.948. The molecule has 0 unspecified atom stereocenters. The Bertz CT molecular complexity index is 830. The number of carbonyl (C=O) groups excluding carboxylic acids is 1.